The first-order valence-corrected chi connectivity index (χ1v) is 6.68. The summed E-state index contributed by atoms with van der Waals surface area (Å²) >= 11 is 0. The molecule has 118 valence electrons. The smallest absolute Gasteiger partial charge is 0.407 e. The summed E-state index contributed by atoms with van der Waals surface area (Å²) in [6.07, 6.45) is -0.0766. The van der Waals surface area contributed by atoms with Crippen molar-refractivity contribution in [3.8, 4) is 0 Å². The molecule has 1 aromatic rings. The Morgan fingerprint density at radius 2 is 1.95 bits per heavy atom. The van der Waals surface area contributed by atoms with E-state index in [-0.39, 0.29) is 31.3 Å². The lowest BCUT2D eigenvalue weighted by Gasteiger charge is -2.29. The highest BCUT2D eigenvalue weighted by molar-refractivity contribution is 5.85. The van der Waals surface area contributed by atoms with Gasteiger partial charge in [0.1, 0.15) is 6.61 Å². The zero-order valence-corrected chi connectivity index (χ0v) is 12.5. The molecule has 1 aromatic carbocycles. The fraction of sp³-hybridized carbons (Fsp3) is 0.500. The van der Waals surface area contributed by atoms with Crippen molar-refractivity contribution < 1.29 is 19.0 Å². The second-order valence-corrected chi connectivity index (χ2v) is 4.58. The van der Waals surface area contributed by atoms with Crippen molar-refractivity contribution in [1.82, 2.24) is 5.32 Å². The molecule has 2 rings (SSSR count). The van der Waals surface area contributed by atoms with Crippen LogP contribution in [0.5, 0.6) is 0 Å². The molecule has 1 saturated heterocycles. The Morgan fingerprint density at radius 3 is 2.57 bits per heavy atom. The lowest BCUT2D eigenvalue weighted by atomic mass is 10.2. The summed E-state index contributed by atoms with van der Waals surface area (Å²) < 4.78 is 16.0. The van der Waals surface area contributed by atoms with E-state index in [0.29, 0.717) is 26.2 Å². The maximum atomic E-state index is 11.6. The van der Waals surface area contributed by atoms with Crippen LogP contribution in [-0.4, -0.2) is 38.2 Å². The van der Waals surface area contributed by atoms with Crippen molar-refractivity contribution in [1.29, 1.82) is 0 Å². The van der Waals surface area contributed by atoms with Crippen LogP contribution in [0.3, 0.4) is 0 Å². The number of benzene rings is 1. The molecular weight excluding hydrogens is 296 g/mol. The van der Waals surface area contributed by atoms with Gasteiger partial charge in [-0.3, -0.25) is 0 Å². The van der Waals surface area contributed by atoms with Gasteiger partial charge in [-0.2, -0.15) is 0 Å². The van der Waals surface area contributed by atoms with Crippen molar-refractivity contribution in [3.05, 3.63) is 35.9 Å². The van der Waals surface area contributed by atoms with Crippen molar-refractivity contribution >= 4 is 18.5 Å². The summed E-state index contributed by atoms with van der Waals surface area (Å²) in [6, 6.07) is 9.33. The van der Waals surface area contributed by atoms with Gasteiger partial charge in [0.15, 0.2) is 6.29 Å². The Kier molecular flexibility index (Phi) is 8.07. The largest absolute Gasteiger partial charge is 0.445 e. The van der Waals surface area contributed by atoms with Gasteiger partial charge in [-0.15, -0.1) is 12.4 Å². The Bertz CT molecular complexity index is 411. The van der Waals surface area contributed by atoms with Crippen LogP contribution in [0.1, 0.15) is 12.0 Å². The molecule has 0 radical (unpaired) electrons. The number of carbonyl (C=O) groups excluding carboxylic acids is 1. The predicted octanol–water partition coefficient (Wildman–Crippen LogP) is 1.42. The molecular formula is C14H21ClN2O4. The predicted molar refractivity (Wildman–Crippen MR) is 80.2 cm³/mol. The minimum atomic E-state index is -0.469. The van der Waals surface area contributed by atoms with Crippen LogP contribution in [0.2, 0.25) is 0 Å². The van der Waals surface area contributed by atoms with Gasteiger partial charge in [0.2, 0.25) is 0 Å². The number of halogens is 1. The lowest BCUT2D eigenvalue weighted by molar-refractivity contribution is -0.190. The van der Waals surface area contributed by atoms with E-state index in [4.69, 9.17) is 19.9 Å². The van der Waals surface area contributed by atoms with Gasteiger partial charge in [-0.1, -0.05) is 30.3 Å². The first kappa shape index (κ1) is 17.7. The summed E-state index contributed by atoms with van der Waals surface area (Å²) in [5.41, 5.74) is 6.37. The molecule has 3 N–H and O–H groups in total. The van der Waals surface area contributed by atoms with Gasteiger partial charge in [-0.25, -0.2) is 4.79 Å². The molecule has 1 heterocycles. The molecule has 1 fully saturated rings. The number of hydrogen-bond donors (Lipinski definition) is 2. The third-order valence-electron chi connectivity index (χ3n) is 2.90. The summed E-state index contributed by atoms with van der Waals surface area (Å²) in [5, 5.41) is 2.71. The minimum Gasteiger partial charge on any atom is -0.445 e. The Balaban J connectivity index is 0.00000220. The van der Waals surface area contributed by atoms with Gasteiger partial charge in [0.25, 0.3) is 0 Å². The van der Waals surface area contributed by atoms with Crippen LogP contribution in [0, 0.1) is 0 Å². The highest BCUT2D eigenvalue weighted by Gasteiger charge is 2.23. The summed E-state index contributed by atoms with van der Waals surface area (Å²) in [7, 11) is 0. The van der Waals surface area contributed by atoms with E-state index in [1.807, 2.05) is 30.3 Å². The van der Waals surface area contributed by atoms with Crippen molar-refractivity contribution in [2.45, 2.75) is 25.4 Å². The first-order chi connectivity index (χ1) is 9.78. The van der Waals surface area contributed by atoms with E-state index in [2.05, 4.69) is 5.32 Å². The van der Waals surface area contributed by atoms with Crippen LogP contribution in [0.4, 0.5) is 4.79 Å². The van der Waals surface area contributed by atoms with Gasteiger partial charge < -0.3 is 25.3 Å². The highest BCUT2D eigenvalue weighted by Crippen LogP contribution is 2.08. The van der Waals surface area contributed by atoms with Crippen molar-refractivity contribution in [2.75, 3.05) is 19.8 Å². The van der Waals surface area contributed by atoms with Crippen LogP contribution in [0.25, 0.3) is 0 Å². The molecule has 21 heavy (non-hydrogen) atoms. The topological polar surface area (TPSA) is 82.8 Å². The fourth-order valence-electron chi connectivity index (χ4n) is 1.86. The number of alkyl carbamates (subject to hydrolysis) is 1. The Morgan fingerprint density at radius 1 is 1.29 bits per heavy atom. The monoisotopic (exact) mass is 316 g/mol. The molecule has 6 nitrogen and oxygen atoms in total. The third kappa shape index (κ3) is 6.31. The molecule has 1 amide bonds. The number of carbonyl (C=O) groups is 1. The third-order valence-corrected chi connectivity index (χ3v) is 2.90. The molecule has 0 aromatic heterocycles. The number of hydrogen-bond acceptors (Lipinski definition) is 5. The normalized spacial score (nSPS) is 21.2. The van der Waals surface area contributed by atoms with Crippen LogP contribution in [-0.2, 0) is 20.8 Å². The number of nitrogens with one attached hydrogen (secondary N) is 1. The molecule has 1 aliphatic rings. The summed E-state index contributed by atoms with van der Waals surface area (Å²) in [5.74, 6) is 0. The van der Waals surface area contributed by atoms with E-state index in [9.17, 15) is 4.79 Å². The molecule has 0 atom stereocenters. The number of nitrogens with two attached hydrogens (primary N) is 1. The summed E-state index contributed by atoms with van der Waals surface area (Å²) in [6.45, 7) is 1.58. The van der Waals surface area contributed by atoms with Crippen LogP contribution in [0.15, 0.2) is 30.3 Å². The molecule has 0 unspecified atom stereocenters. The van der Waals surface area contributed by atoms with Gasteiger partial charge in [-0.05, 0) is 12.1 Å². The SMILES string of the molecule is Cl.NCCC1OCC(NC(=O)OCc2ccccc2)CO1. The first-order valence-electron chi connectivity index (χ1n) is 6.68. The zero-order chi connectivity index (χ0) is 14.2. The number of ether oxygens (including phenoxy) is 3. The molecule has 0 saturated carbocycles. The lowest BCUT2D eigenvalue weighted by Crippen LogP contribution is -2.47. The average Bonchev–Trinajstić information content (AvgIpc) is 2.49. The molecule has 1 aliphatic heterocycles. The number of rotatable bonds is 5. The van der Waals surface area contributed by atoms with E-state index in [0.717, 1.165) is 5.56 Å². The van der Waals surface area contributed by atoms with E-state index in [1.165, 1.54) is 0 Å². The minimum absolute atomic E-state index is 0. The van der Waals surface area contributed by atoms with E-state index in [1.54, 1.807) is 0 Å². The molecule has 0 spiro atoms. The molecule has 7 heteroatoms. The fourth-order valence-corrected chi connectivity index (χ4v) is 1.86. The second kappa shape index (κ2) is 9.57. The highest BCUT2D eigenvalue weighted by atomic mass is 35.5. The van der Waals surface area contributed by atoms with E-state index < -0.39 is 6.09 Å². The van der Waals surface area contributed by atoms with Gasteiger partial charge >= 0.3 is 6.09 Å². The Labute approximate surface area is 130 Å². The van der Waals surface area contributed by atoms with Gasteiger partial charge in [0, 0.05) is 6.42 Å². The molecule has 0 bridgehead atoms. The van der Waals surface area contributed by atoms with Crippen molar-refractivity contribution in [3.63, 3.8) is 0 Å². The van der Waals surface area contributed by atoms with Crippen molar-refractivity contribution in [2.24, 2.45) is 5.73 Å². The average molecular weight is 317 g/mol. The standard InChI is InChI=1S/C14H20N2O4.ClH/c15-7-6-13-18-9-12(10-19-13)16-14(17)20-8-11-4-2-1-3-5-11;/h1-5,12-13H,6-10,15H2,(H,16,17);1H. The van der Waals surface area contributed by atoms with Crippen LogP contribution >= 0.6 is 12.4 Å². The second-order valence-electron chi connectivity index (χ2n) is 4.58. The van der Waals surface area contributed by atoms with Gasteiger partial charge in [0.05, 0.1) is 19.3 Å². The maximum absolute atomic E-state index is 11.6. The number of amides is 1. The Hall–Kier alpha value is -1.34. The summed E-state index contributed by atoms with van der Waals surface area (Å²) in [4.78, 5) is 11.6. The van der Waals surface area contributed by atoms with E-state index >= 15 is 0 Å². The maximum Gasteiger partial charge on any atom is 0.407 e. The zero-order valence-electron chi connectivity index (χ0n) is 11.7. The molecule has 0 aliphatic carbocycles. The quantitative estimate of drug-likeness (QED) is 0.858. The van der Waals surface area contributed by atoms with Crippen LogP contribution < -0.4 is 11.1 Å².